The minimum atomic E-state index is -4.46. The van der Waals surface area contributed by atoms with Crippen LogP contribution in [0.2, 0.25) is 0 Å². The van der Waals surface area contributed by atoms with Crippen LogP contribution in [-0.4, -0.2) is 6.08 Å². The number of nitrogens with zero attached hydrogens (tertiary/aromatic N) is 1. The standard InChI is InChI=1S/C9H5ClF3NO/c10-4-6-1-2-7(9(11,12)13)3-8(6)14-5-15/h1-3H,4H2. The summed E-state index contributed by atoms with van der Waals surface area (Å²) in [5, 5.41) is 0. The molecule has 6 heteroatoms. The van der Waals surface area contributed by atoms with Crippen molar-refractivity contribution < 1.29 is 18.0 Å². The lowest BCUT2D eigenvalue weighted by Gasteiger charge is -2.08. The molecule has 0 spiro atoms. The van der Waals surface area contributed by atoms with E-state index in [1.807, 2.05) is 0 Å². The molecule has 1 aromatic carbocycles. The molecule has 0 aliphatic heterocycles. The molecular weight excluding hydrogens is 231 g/mol. The van der Waals surface area contributed by atoms with Crippen molar-refractivity contribution in [1.29, 1.82) is 0 Å². The zero-order valence-corrected chi connectivity index (χ0v) is 8.06. The van der Waals surface area contributed by atoms with Crippen molar-refractivity contribution >= 4 is 23.4 Å². The van der Waals surface area contributed by atoms with E-state index in [0.717, 1.165) is 12.1 Å². The summed E-state index contributed by atoms with van der Waals surface area (Å²) in [6, 6.07) is 2.84. The predicted octanol–water partition coefficient (Wildman–Crippen LogP) is 3.41. The second kappa shape index (κ2) is 4.47. The summed E-state index contributed by atoms with van der Waals surface area (Å²) in [7, 11) is 0. The third-order valence-electron chi connectivity index (χ3n) is 1.72. The quantitative estimate of drug-likeness (QED) is 0.439. The van der Waals surface area contributed by atoms with Crippen LogP contribution in [0, 0.1) is 0 Å². The monoisotopic (exact) mass is 235 g/mol. The van der Waals surface area contributed by atoms with Crippen molar-refractivity contribution in [2.75, 3.05) is 0 Å². The zero-order chi connectivity index (χ0) is 11.5. The topological polar surface area (TPSA) is 29.4 Å². The van der Waals surface area contributed by atoms with E-state index in [4.69, 9.17) is 11.6 Å². The number of benzene rings is 1. The highest BCUT2D eigenvalue weighted by atomic mass is 35.5. The first-order valence-corrected chi connectivity index (χ1v) is 4.36. The Balaban J connectivity index is 3.28. The first-order valence-electron chi connectivity index (χ1n) is 3.83. The average molecular weight is 236 g/mol. The maximum atomic E-state index is 12.3. The van der Waals surface area contributed by atoms with Crippen molar-refractivity contribution in [2.45, 2.75) is 12.1 Å². The van der Waals surface area contributed by atoms with Gasteiger partial charge < -0.3 is 0 Å². The molecule has 0 fully saturated rings. The summed E-state index contributed by atoms with van der Waals surface area (Å²) in [5.74, 6) is -0.0152. The SMILES string of the molecule is O=C=Nc1cc(C(F)(F)F)ccc1CCl. The summed E-state index contributed by atoms with van der Waals surface area (Å²) in [6.45, 7) is 0. The van der Waals surface area contributed by atoms with Gasteiger partial charge in [-0.1, -0.05) is 6.07 Å². The number of halogens is 4. The maximum Gasteiger partial charge on any atom is 0.416 e. The van der Waals surface area contributed by atoms with E-state index in [1.54, 1.807) is 0 Å². The molecule has 0 unspecified atom stereocenters. The number of carbonyl (C=O) groups excluding carboxylic acids is 1. The summed E-state index contributed by atoms with van der Waals surface area (Å²) in [5.41, 5.74) is -0.617. The van der Waals surface area contributed by atoms with Crippen LogP contribution in [0.4, 0.5) is 18.9 Å². The molecule has 0 atom stereocenters. The van der Waals surface area contributed by atoms with E-state index in [2.05, 4.69) is 4.99 Å². The molecule has 1 aromatic rings. The summed E-state index contributed by atoms with van der Waals surface area (Å²) in [4.78, 5) is 13.1. The fourth-order valence-corrected chi connectivity index (χ4v) is 1.23. The van der Waals surface area contributed by atoms with Gasteiger partial charge in [0.05, 0.1) is 11.3 Å². The fraction of sp³-hybridized carbons (Fsp3) is 0.222. The van der Waals surface area contributed by atoms with Crippen LogP contribution in [0.25, 0.3) is 0 Å². The van der Waals surface area contributed by atoms with Crippen LogP contribution < -0.4 is 0 Å². The first-order chi connectivity index (χ1) is 6.99. The second-order valence-corrected chi connectivity index (χ2v) is 2.95. The van der Waals surface area contributed by atoms with Crippen LogP contribution in [0.1, 0.15) is 11.1 Å². The number of aliphatic imine (C=N–C) groups is 1. The summed E-state index contributed by atoms with van der Waals surface area (Å²) in [6.07, 6.45) is -3.27. The Labute approximate surface area is 88.4 Å². The summed E-state index contributed by atoms with van der Waals surface area (Å²) >= 11 is 5.46. The number of hydrogen-bond acceptors (Lipinski definition) is 2. The molecule has 0 saturated carbocycles. The Kier molecular flexibility index (Phi) is 3.50. The van der Waals surface area contributed by atoms with E-state index >= 15 is 0 Å². The van der Waals surface area contributed by atoms with Crippen LogP contribution in [0.5, 0.6) is 0 Å². The minimum absolute atomic E-state index is 0.0152. The highest BCUT2D eigenvalue weighted by Crippen LogP contribution is 2.33. The molecule has 0 radical (unpaired) electrons. The lowest BCUT2D eigenvalue weighted by molar-refractivity contribution is -0.137. The van der Waals surface area contributed by atoms with Gasteiger partial charge in [0.25, 0.3) is 0 Å². The number of alkyl halides is 4. The molecule has 80 valence electrons. The van der Waals surface area contributed by atoms with E-state index in [9.17, 15) is 18.0 Å². The Morgan fingerprint density at radius 2 is 2.07 bits per heavy atom. The van der Waals surface area contributed by atoms with E-state index in [1.165, 1.54) is 12.1 Å². The Morgan fingerprint density at radius 1 is 1.40 bits per heavy atom. The Bertz CT molecular complexity index is 410. The molecule has 0 N–H and O–H groups in total. The third kappa shape index (κ3) is 2.81. The lowest BCUT2D eigenvalue weighted by Crippen LogP contribution is -2.04. The van der Waals surface area contributed by atoms with Crippen molar-refractivity contribution in [2.24, 2.45) is 4.99 Å². The van der Waals surface area contributed by atoms with Gasteiger partial charge in [0.2, 0.25) is 6.08 Å². The van der Waals surface area contributed by atoms with Gasteiger partial charge >= 0.3 is 6.18 Å². The van der Waals surface area contributed by atoms with Gasteiger partial charge in [-0.25, -0.2) is 4.79 Å². The van der Waals surface area contributed by atoms with Crippen molar-refractivity contribution in [3.8, 4) is 0 Å². The number of rotatable bonds is 2. The molecular formula is C9H5ClF3NO. The Hall–Kier alpha value is -1.32. The number of isocyanates is 1. The van der Waals surface area contributed by atoms with E-state index in [0.29, 0.717) is 5.56 Å². The fourth-order valence-electron chi connectivity index (χ4n) is 1.01. The van der Waals surface area contributed by atoms with Crippen LogP contribution in [0.15, 0.2) is 23.2 Å². The zero-order valence-electron chi connectivity index (χ0n) is 7.31. The van der Waals surface area contributed by atoms with Crippen LogP contribution in [-0.2, 0) is 16.9 Å². The smallest absolute Gasteiger partial charge is 0.211 e. The molecule has 0 amide bonds. The van der Waals surface area contributed by atoms with Gasteiger partial charge in [0.15, 0.2) is 0 Å². The van der Waals surface area contributed by atoms with Gasteiger partial charge in [0, 0.05) is 5.88 Å². The molecule has 0 bridgehead atoms. The normalized spacial score (nSPS) is 10.9. The van der Waals surface area contributed by atoms with Gasteiger partial charge in [-0.05, 0) is 17.7 Å². The number of hydrogen-bond donors (Lipinski definition) is 0. The van der Waals surface area contributed by atoms with Gasteiger partial charge in [0.1, 0.15) is 0 Å². The first kappa shape index (κ1) is 11.8. The highest BCUT2D eigenvalue weighted by Gasteiger charge is 2.30. The largest absolute Gasteiger partial charge is 0.416 e. The Morgan fingerprint density at radius 3 is 2.53 bits per heavy atom. The predicted molar refractivity (Wildman–Crippen MR) is 48.8 cm³/mol. The maximum absolute atomic E-state index is 12.3. The van der Waals surface area contributed by atoms with Crippen molar-refractivity contribution in [1.82, 2.24) is 0 Å². The molecule has 2 nitrogen and oxygen atoms in total. The van der Waals surface area contributed by atoms with Crippen molar-refractivity contribution in [3.63, 3.8) is 0 Å². The highest BCUT2D eigenvalue weighted by molar-refractivity contribution is 6.17. The average Bonchev–Trinajstić information content (AvgIpc) is 2.17. The molecule has 0 heterocycles. The van der Waals surface area contributed by atoms with E-state index < -0.39 is 11.7 Å². The van der Waals surface area contributed by atoms with Crippen molar-refractivity contribution in [3.05, 3.63) is 29.3 Å². The molecule has 0 aliphatic carbocycles. The van der Waals surface area contributed by atoms with E-state index in [-0.39, 0.29) is 11.6 Å². The lowest BCUT2D eigenvalue weighted by atomic mass is 10.1. The third-order valence-corrected chi connectivity index (χ3v) is 2.01. The summed E-state index contributed by atoms with van der Waals surface area (Å²) < 4.78 is 36.8. The van der Waals surface area contributed by atoms with Gasteiger partial charge in [-0.15, -0.1) is 11.6 Å². The molecule has 0 aliphatic rings. The molecule has 0 aromatic heterocycles. The molecule has 0 saturated heterocycles. The molecule has 15 heavy (non-hydrogen) atoms. The minimum Gasteiger partial charge on any atom is -0.211 e. The van der Waals surface area contributed by atoms with Crippen LogP contribution >= 0.6 is 11.6 Å². The van der Waals surface area contributed by atoms with Gasteiger partial charge in [-0.2, -0.15) is 18.2 Å². The van der Waals surface area contributed by atoms with Gasteiger partial charge in [-0.3, -0.25) is 0 Å². The second-order valence-electron chi connectivity index (χ2n) is 2.68. The van der Waals surface area contributed by atoms with Crippen LogP contribution in [0.3, 0.4) is 0 Å². The molecule has 1 rings (SSSR count).